The molecule has 1 saturated carbocycles. The fraction of sp³-hybridized carbons (Fsp3) is 0.889. The Morgan fingerprint density at radius 2 is 1.91 bits per heavy atom. The number of hydrogen-bond donors (Lipinski definition) is 0. The van der Waals surface area contributed by atoms with E-state index in [2.05, 4.69) is 11.0 Å². The van der Waals surface area contributed by atoms with Gasteiger partial charge in [-0.25, -0.2) is 0 Å². The number of morpholine rings is 1. The van der Waals surface area contributed by atoms with Crippen LogP contribution in [0, 0.1) is 17.2 Å². The van der Waals surface area contributed by atoms with Crippen molar-refractivity contribution in [3.8, 4) is 6.07 Å². The van der Waals surface area contributed by atoms with Gasteiger partial charge in [0, 0.05) is 39.1 Å². The average molecular weight is 321 g/mol. The van der Waals surface area contributed by atoms with Crippen LogP contribution in [-0.2, 0) is 9.53 Å². The molecule has 2 fully saturated rings. The molecule has 23 heavy (non-hydrogen) atoms. The number of nitriles is 1. The first-order valence-corrected chi connectivity index (χ1v) is 9.24. The van der Waals surface area contributed by atoms with Gasteiger partial charge in [0.2, 0.25) is 5.91 Å². The van der Waals surface area contributed by atoms with Crippen LogP contribution in [0.4, 0.5) is 0 Å². The van der Waals surface area contributed by atoms with Crippen LogP contribution in [0.2, 0.25) is 0 Å². The van der Waals surface area contributed by atoms with Crippen molar-refractivity contribution in [1.29, 1.82) is 5.26 Å². The lowest BCUT2D eigenvalue weighted by atomic mass is 9.86. The van der Waals surface area contributed by atoms with Gasteiger partial charge in [0.25, 0.3) is 0 Å². The van der Waals surface area contributed by atoms with Crippen LogP contribution in [0.3, 0.4) is 0 Å². The lowest BCUT2D eigenvalue weighted by Gasteiger charge is -2.30. The minimum Gasteiger partial charge on any atom is -0.379 e. The van der Waals surface area contributed by atoms with Crippen molar-refractivity contribution >= 4 is 5.91 Å². The molecule has 1 aliphatic heterocycles. The zero-order chi connectivity index (χ0) is 16.3. The molecule has 1 aliphatic carbocycles. The van der Waals surface area contributed by atoms with E-state index < -0.39 is 0 Å². The van der Waals surface area contributed by atoms with E-state index in [9.17, 15) is 4.79 Å². The first-order valence-electron chi connectivity index (χ1n) is 9.24. The highest BCUT2D eigenvalue weighted by Crippen LogP contribution is 2.27. The Bertz CT molecular complexity index is 382. The van der Waals surface area contributed by atoms with Crippen LogP contribution in [0.5, 0.6) is 0 Å². The van der Waals surface area contributed by atoms with E-state index in [0.29, 0.717) is 19.4 Å². The smallest absolute Gasteiger partial charge is 0.222 e. The zero-order valence-electron chi connectivity index (χ0n) is 14.3. The Morgan fingerprint density at radius 1 is 1.17 bits per heavy atom. The molecule has 0 aromatic heterocycles. The molecule has 0 spiro atoms. The number of rotatable bonds is 8. The minimum absolute atomic E-state index is 0.235. The largest absolute Gasteiger partial charge is 0.379 e. The van der Waals surface area contributed by atoms with Crippen molar-refractivity contribution in [2.75, 3.05) is 45.9 Å². The molecule has 2 rings (SSSR count). The Hall–Kier alpha value is -1.12. The fourth-order valence-corrected chi connectivity index (χ4v) is 3.59. The van der Waals surface area contributed by atoms with E-state index in [1.54, 1.807) is 0 Å². The Kier molecular flexibility index (Phi) is 8.41. The normalized spacial score (nSPS) is 20.1. The number of ether oxygens (including phenoxy) is 1. The molecule has 0 N–H and O–H groups in total. The molecule has 1 heterocycles. The Labute approximate surface area is 140 Å². The third kappa shape index (κ3) is 6.88. The van der Waals surface area contributed by atoms with Crippen molar-refractivity contribution in [3.05, 3.63) is 0 Å². The summed E-state index contributed by atoms with van der Waals surface area (Å²) in [6, 6.07) is 2.17. The van der Waals surface area contributed by atoms with Crippen LogP contribution < -0.4 is 0 Å². The predicted octanol–water partition coefficient (Wildman–Crippen LogP) is 2.42. The summed E-state index contributed by atoms with van der Waals surface area (Å²) in [4.78, 5) is 16.8. The average Bonchev–Trinajstić information content (AvgIpc) is 2.61. The second kappa shape index (κ2) is 10.6. The van der Waals surface area contributed by atoms with Crippen molar-refractivity contribution < 1.29 is 9.53 Å². The highest BCUT2D eigenvalue weighted by atomic mass is 16.5. The summed E-state index contributed by atoms with van der Waals surface area (Å²) in [5.74, 6) is 0.976. The maximum atomic E-state index is 12.5. The molecule has 0 aromatic rings. The summed E-state index contributed by atoms with van der Waals surface area (Å²) >= 11 is 0. The first kappa shape index (κ1) is 18.2. The van der Waals surface area contributed by atoms with Crippen molar-refractivity contribution in [1.82, 2.24) is 9.80 Å². The van der Waals surface area contributed by atoms with Gasteiger partial charge in [-0.2, -0.15) is 5.26 Å². The van der Waals surface area contributed by atoms with Crippen molar-refractivity contribution in [2.45, 2.75) is 51.4 Å². The number of hydrogen-bond acceptors (Lipinski definition) is 4. The number of carbonyl (C=O) groups is 1. The van der Waals surface area contributed by atoms with Gasteiger partial charge < -0.3 is 9.64 Å². The van der Waals surface area contributed by atoms with Gasteiger partial charge >= 0.3 is 0 Å². The van der Waals surface area contributed by atoms with Gasteiger partial charge in [0.15, 0.2) is 0 Å². The minimum atomic E-state index is 0.235. The molecule has 0 bridgehead atoms. The maximum Gasteiger partial charge on any atom is 0.222 e. The molecule has 2 aliphatic rings. The van der Waals surface area contributed by atoms with E-state index in [0.717, 1.165) is 51.7 Å². The van der Waals surface area contributed by atoms with Crippen molar-refractivity contribution in [3.63, 3.8) is 0 Å². The lowest BCUT2D eigenvalue weighted by molar-refractivity contribution is -0.131. The summed E-state index contributed by atoms with van der Waals surface area (Å²) in [5.41, 5.74) is 0. The number of carbonyl (C=O) groups excluding carboxylic acids is 1. The molecular formula is C18H31N3O2. The molecule has 0 unspecified atom stereocenters. The molecule has 5 nitrogen and oxygen atoms in total. The summed E-state index contributed by atoms with van der Waals surface area (Å²) in [7, 11) is 0. The number of nitrogens with zero attached hydrogens (tertiary/aromatic N) is 3. The van der Waals surface area contributed by atoms with Gasteiger partial charge in [-0.05, 0) is 12.3 Å². The standard InChI is InChI=1S/C18H31N3O2/c19-9-4-10-21(12-11-20-13-15-23-16-14-20)18(22)8-7-17-5-2-1-3-6-17/h17H,1-8,10-16H2. The molecule has 5 heteroatoms. The molecular weight excluding hydrogens is 290 g/mol. The van der Waals surface area contributed by atoms with Gasteiger partial charge in [0.05, 0.1) is 25.7 Å². The summed E-state index contributed by atoms with van der Waals surface area (Å²) in [6.07, 6.45) is 8.70. The van der Waals surface area contributed by atoms with Gasteiger partial charge in [-0.15, -0.1) is 0 Å². The lowest BCUT2D eigenvalue weighted by Crippen LogP contribution is -2.43. The second-order valence-corrected chi connectivity index (χ2v) is 6.79. The molecule has 1 saturated heterocycles. The van der Waals surface area contributed by atoms with Crippen LogP contribution in [0.15, 0.2) is 0 Å². The number of amides is 1. The van der Waals surface area contributed by atoms with E-state index in [-0.39, 0.29) is 5.91 Å². The van der Waals surface area contributed by atoms with E-state index in [1.807, 2.05) is 4.90 Å². The SMILES string of the molecule is N#CCCN(CCN1CCOCC1)C(=O)CCC1CCCCC1. The maximum absolute atomic E-state index is 12.5. The Balaban J connectivity index is 1.73. The highest BCUT2D eigenvalue weighted by molar-refractivity contribution is 5.76. The molecule has 130 valence electrons. The van der Waals surface area contributed by atoms with Crippen LogP contribution in [0.25, 0.3) is 0 Å². The van der Waals surface area contributed by atoms with Gasteiger partial charge in [0.1, 0.15) is 0 Å². The summed E-state index contributed by atoms with van der Waals surface area (Å²) < 4.78 is 5.36. The molecule has 0 radical (unpaired) electrons. The van der Waals surface area contributed by atoms with Crippen LogP contribution in [-0.4, -0.2) is 61.6 Å². The first-order chi connectivity index (χ1) is 11.3. The molecule has 0 aromatic carbocycles. The summed E-state index contributed by atoms with van der Waals surface area (Å²) in [6.45, 7) is 5.67. The quantitative estimate of drug-likeness (QED) is 0.689. The summed E-state index contributed by atoms with van der Waals surface area (Å²) in [5, 5.41) is 8.83. The van der Waals surface area contributed by atoms with Crippen molar-refractivity contribution in [2.24, 2.45) is 5.92 Å². The fourth-order valence-electron chi connectivity index (χ4n) is 3.59. The van der Waals surface area contributed by atoms with Gasteiger partial charge in [-0.1, -0.05) is 32.1 Å². The van der Waals surface area contributed by atoms with E-state index in [1.165, 1.54) is 32.1 Å². The zero-order valence-corrected chi connectivity index (χ0v) is 14.3. The van der Waals surface area contributed by atoms with Crippen LogP contribution in [0.1, 0.15) is 51.4 Å². The van der Waals surface area contributed by atoms with E-state index >= 15 is 0 Å². The third-order valence-corrected chi connectivity index (χ3v) is 5.13. The van der Waals surface area contributed by atoms with Crippen LogP contribution >= 0.6 is 0 Å². The highest BCUT2D eigenvalue weighted by Gasteiger charge is 2.19. The monoisotopic (exact) mass is 321 g/mol. The van der Waals surface area contributed by atoms with E-state index in [4.69, 9.17) is 10.00 Å². The third-order valence-electron chi connectivity index (χ3n) is 5.13. The molecule has 0 atom stereocenters. The Morgan fingerprint density at radius 3 is 2.61 bits per heavy atom. The van der Waals surface area contributed by atoms with Gasteiger partial charge in [-0.3, -0.25) is 9.69 Å². The second-order valence-electron chi connectivity index (χ2n) is 6.79. The molecule has 1 amide bonds. The predicted molar refractivity (Wildman–Crippen MR) is 89.9 cm³/mol. The topological polar surface area (TPSA) is 56.6 Å².